The summed E-state index contributed by atoms with van der Waals surface area (Å²) in [6.45, 7) is 3.41. The Bertz CT molecular complexity index is 501. The van der Waals surface area contributed by atoms with E-state index in [1.54, 1.807) is 11.8 Å². The first-order valence-electron chi connectivity index (χ1n) is 7.55. The molecule has 0 unspecified atom stereocenters. The number of aromatic nitrogens is 2. The Morgan fingerprint density at radius 2 is 2.24 bits per heavy atom. The summed E-state index contributed by atoms with van der Waals surface area (Å²) in [5.41, 5.74) is 1.21. The predicted octanol–water partition coefficient (Wildman–Crippen LogP) is 2.80. The minimum atomic E-state index is -0.0363. The highest BCUT2D eigenvalue weighted by Crippen LogP contribution is 2.26. The topological polar surface area (TPSA) is 47.4 Å². The van der Waals surface area contributed by atoms with Crippen LogP contribution in [0.2, 0.25) is 5.02 Å². The van der Waals surface area contributed by atoms with Crippen LogP contribution in [0.4, 0.5) is 0 Å². The van der Waals surface area contributed by atoms with Gasteiger partial charge in [-0.1, -0.05) is 11.6 Å². The summed E-state index contributed by atoms with van der Waals surface area (Å²) < 4.78 is 6.78. The van der Waals surface area contributed by atoms with Gasteiger partial charge in [0, 0.05) is 33.4 Å². The average molecular weight is 314 g/mol. The second-order valence-corrected chi connectivity index (χ2v) is 6.03. The third-order valence-electron chi connectivity index (χ3n) is 4.24. The molecular formula is C15H24ClN3O2. The van der Waals surface area contributed by atoms with Crippen molar-refractivity contribution < 1.29 is 9.53 Å². The standard InChI is InChI=1S/C15H24ClN3O2/c1-11-13(16)14(17-18(11)2)15(20)19-9-5-4-7-12(19)8-6-10-21-3/h12H,4-10H2,1-3H3/t12-/m0/s1. The molecule has 0 aromatic carbocycles. The lowest BCUT2D eigenvalue weighted by atomic mass is 9.97. The number of halogens is 1. The molecule has 118 valence electrons. The van der Waals surface area contributed by atoms with Crippen LogP contribution in [0.25, 0.3) is 0 Å². The van der Waals surface area contributed by atoms with Crippen LogP contribution < -0.4 is 0 Å². The van der Waals surface area contributed by atoms with Gasteiger partial charge in [-0.2, -0.15) is 5.10 Å². The second-order valence-electron chi connectivity index (χ2n) is 5.65. The van der Waals surface area contributed by atoms with E-state index < -0.39 is 0 Å². The van der Waals surface area contributed by atoms with Gasteiger partial charge in [-0.3, -0.25) is 9.48 Å². The van der Waals surface area contributed by atoms with Crippen LogP contribution in [0.1, 0.15) is 48.3 Å². The quantitative estimate of drug-likeness (QED) is 0.785. The molecule has 0 N–H and O–H groups in total. The van der Waals surface area contributed by atoms with E-state index >= 15 is 0 Å². The summed E-state index contributed by atoms with van der Waals surface area (Å²) in [6, 6.07) is 0.278. The van der Waals surface area contributed by atoms with Crippen molar-refractivity contribution in [3.8, 4) is 0 Å². The average Bonchev–Trinajstić information content (AvgIpc) is 2.75. The number of aryl methyl sites for hydroxylation is 1. The van der Waals surface area contributed by atoms with E-state index in [-0.39, 0.29) is 11.9 Å². The fourth-order valence-corrected chi connectivity index (χ4v) is 3.13. The van der Waals surface area contributed by atoms with Gasteiger partial charge in [0.2, 0.25) is 0 Å². The molecule has 1 aliphatic heterocycles. The van der Waals surface area contributed by atoms with Crippen molar-refractivity contribution in [2.45, 2.75) is 45.1 Å². The molecule has 1 amide bonds. The summed E-state index contributed by atoms with van der Waals surface area (Å²) in [7, 11) is 3.52. The Kier molecular flexibility index (Phi) is 5.65. The number of amides is 1. The molecule has 0 aliphatic carbocycles. The highest BCUT2D eigenvalue weighted by atomic mass is 35.5. The number of carbonyl (C=O) groups is 1. The number of piperidine rings is 1. The first-order chi connectivity index (χ1) is 10.1. The molecule has 6 heteroatoms. The molecule has 1 saturated heterocycles. The van der Waals surface area contributed by atoms with Crippen LogP contribution in [-0.4, -0.2) is 46.9 Å². The van der Waals surface area contributed by atoms with E-state index in [2.05, 4.69) is 5.10 Å². The van der Waals surface area contributed by atoms with Gasteiger partial charge in [0.1, 0.15) is 0 Å². The maximum Gasteiger partial charge on any atom is 0.276 e. The molecule has 1 aliphatic rings. The zero-order valence-electron chi connectivity index (χ0n) is 13.1. The smallest absolute Gasteiger partial charge is 0.276 e. The first kappa shape index (κ1) is 16.3. The molecule has 2 heterocycles. The van der Waals surface area contributed by atoms with Crippen molar-refractivity contribution in [1.29, 1.82) is 0 Å². The van der Waals surface area contributed by atoms with Crippen molar-refractivity contribution in [1.82, 2.24) is 14.7 Å². The molecule has 0 bridgehead atoms. The monoisotopic (exact) mass is 313 g/mol. The lowest BCUT2D eigenvalue weighted by Gasteiger charge is -2.35. The molecule has 2 rings (SSSR count). The molecule has 1 aromatic rings. The highest BCUT2D eigenvalue weighted by molar-refractivity contribution is 6.34. The molecule has 0 radical (unpaired) electrons. The molecule has 1 atom stereocenters. The van der Waals surface area contributed by atoms with E-state index in [0.717, 1.165) is 44.5 Å². The van der Waals surface area contributed by atoms with Gasteiger partial charge in [0.05, 0.1) is 10.7 Å². The van der Waals surface area contributed by atoms with Gasteiger partial charge in [-0.15, -0.1) is 0 Å². The van der Waals surface area contributed by atoms with Crippen LogP contribution >= 0.6 is 11.6 Å². The largest absolute Gasteiger partial charge is 0.385 e. The minimum Gasteiger partial charge on any atom is -0.385 e. The number of carbonyl (C=O) groups excluding carboxylic acids is 1. The SMILES string of the molecule is COCCC[C@@H]1CCCCN1C(=O)c1nn(C)c(C)c1Cl. The highest BCUT2D eigenvalue weighted by Gasteiger charge is 2.30. The van der Waals surface area contributed by atoms with Crippen molar-refractivity contribution >= 4 is 17.5 Å². The molecule has 0 saturated carbocycles. The van der Waals surface area contributed by atoms with Gasteiger partial charge in [0.25, 0.3) is 5.91 Å². The second kappa shape index (κ2) is 7.27. The number of nitrogens with zero attached hydrogens (tertiary/aromatic N) is 3. The Hall–Kier alpha value is -1.07. The minimum absolute atomic E-state index is 0.0363. The van der Waals surface area contributed by atoms with E-state index in [4.69, 9.17) is 16.3 Å². The lowest BCUT2D eigenvalue weighted by Crippen LogP contribution is -2.44. The molecule has 0 spiro atoms. The maximum absolute atomic E-state index is 12.8. The summed E-state index contributed by atoms with van der Waals surface area (Å²) in [5, 5.41) is 4.76. The third-order valence-corrected chi connectivity index (χ3v) is 4.69. The molecular weight excluding hydrogens is 290 g/mol. The van der Waals surface area contributed by atoms with Gasteiger partial charge >= 0.3 is 0 Å². The number of rotatable bonds is 5. The number of likely N-dealkylation sites (tertiary alicyclic amines) is 1. The van der Waals surface area contributed by atoms with Crippen molar-refractivity contribution in [2.75, 3.05) is 20.3 Å². The van der Waals surface area contributed by atoms with Crippen LogP contribution in [0.15, 0.2) is 0 Å². The fourth-order valence-electron chi connectivity index (χ4n) is 2.89. The van der Waals surface area contributed by atoms with E-state index in [1.807, 2.05) is 18.9 Å². The zero-order chi connectivity index (χ0) is 15.4. The third kappa shape index (κ3) is 3.58. The number of ether oxygens (including phenoxy) is 1. The Labute approximate surface area is 131 Å². The van der Waals surface area contributed by atoms with Gasteiger partial charge in [-0.05, 0) is 39.0 Å². The number of methoxy groups -OCH3 is 1. The first-order valence-corrected chi connectivity index (χ1v) is 7.93. The molecule has 21 heavy (non-hydrogen) atoms. The van der Waals surface area contributed by atoms with E-state index in [1.165, 1.54) is 6.42 Å². The number of hydrogen-bond acceptors (Lipinski definition) is 3. The Balaban J connectivity index is 2.12. The Morgan fingerprint density at radius 3 is 2.86 bits per heavy atom. The van der Waals surface area contributed by atoms with Crippen LogP contribution in [0, 0.1) is 6.92 Å². The van der Waals surface area contributed by atoms with Gasteiger partial charge in [0.15, 0.2) is 5.69 Å². The van der Waals surface area contributed by atoms with Crippen molar-refractivity contribution in [3.05, 3.63) is 16.4 Å². The van der Waals surface area contributed by atoms with Crippen LogP contribution in [0.5, 0.6) is 0 Å². The van der Waals surface area contributed by atoms with E-state index in [9.17, 15) is 4.79 Å². The molecule has 1 aromatic heterocycles. The summed E-state index contributed by atoms with van der Waals surface area (Å²) in [4.78, 5) is 14.7. The normalized spacial score (nSPS) is 19.0. The zero-order valence-corrected chi connectivity index (χ0v) is 13.8. The van der Waals surface area contributed by atoms with Gasteiger partial charge in [-0.25, -0.2) is 0 Å². The fraction of sp³-hybridized carbons (Fsp3) is 0.733. The lowest BCUT2D eigenvalue weighted by molar-refractivity contribution is 0.0578. The van der Waals surface area contributed by atoms with Crippen LogP contribution in [-0.2, 0) is 11.8 Å². The van der Waals surface area contributed by atoms with Crippen LogP contribution in [0.3, 0.4) is 0 Å². The number of hydrogen-bond donors (Lipinski definition) is 0. The van der Waals surface area contributed by atoms with Crippen molar-refractivity contribution in [2.24, 2.45) is 7.05 Å². The molecule has 1 fully saturated rings. The summed E-state index contributed by atoms with van der Waals surface area (Å²) in [5.74, 6) is -0.0363. The van der Waals surface area contributed by atoms with E-state index in [0.29, 0.717) is 10.7 Å². The maximum atomic E-state index is 12.8. The predicted molar refractivity (Wildman–Crippen MR) is 82.7 cm³/mol. The van der Waals surface area contributed by atoms with Gasteiger partial charge < -0.3 is 9.64 Å². The summed E-state index contributed by atoms with van der Waals surface area (Å²) >= 11 is 6.25. The summed E-state index contributed by atoms with van der Waals surface area (Å²) in [6.07, 6.45) is 5.23. The molecule has 5 nitrogen and oxygen atoms in total. The Morgan fingerprint density at radius 1 is 1.48 bits per heavy atom. The van der Waals surface area contributed by atoms with Crippen molar-refractivity contribution in [3.63, 3.8) is 0 Å².